The Labute approximate surface area is 124 Å². The fourth-order valence-corrected chi connectivity index (χ4v) is 3.70. The standard InChI is InChI=1S/C14H20N4O2S/c1-10(2)7-18-14(16-9-17-18)8-21(19,20)13-6-4-5-12(15)11(13)3/h4-6,9-10H,7-8,15H2,1-3H3. The molecule has 0 saturated carbocycles. The van der Waals surface area contributed by atoms with Crippen molar-refractivity contribution in [3.8, 4) is 0 Å². The lowest BCUT2D eigenvalue weighted by molar-refractivity contribution is 0.470. The summed E-state index contributed by atoms with van der Waals surface area (Å²) in [7, 11) is -3.50. The summed E-state index contributed by atoms with van der Waals surface area (Å²) < 4.78 is 26.8. The SMILES string of the molecule is Cc1c(N)cccc1S(=O)(=O)Cc1ncnn1CC(C)C. The third-order valence-corrected chi connectivity index (χ3v) is 4.96. The van der Waals surface area contributed by atoms with Gasteiger partial charge in [-0.1, -0.05) is 19.9 Å². The molecule has 1 aromatic heterocycles. The summed E-state index contributed by atoms with van der Waals surface area (Å²) in [6.45, 7) is 6.44. The molecule has 6 nitrogen and oxygen atoms in total. The molecule has 1 heterocycles. The number of aromatic nitrogens is 3. The van der Waals surface area contributed by atoms with Crippen molar-refractivity contribution < 1.29 is 8.42 Å². The second-order valence-electron chi connectivity index (χ2n) is 5.48. The largest absolute Gasteiger partial charge is 0.398 e. The van der Waals surface area contributed by atoms with Gasteiger partial charge in [-0.25, -0.2) is 18.1 Å². The number of sulfone groups is 1. The van der Waals surface area contributed by atoms with Gasteiger partial charge in [-0.15, -0.1) is 0 Å². The van der Waals surface area contributed by atoms with E-state index in [1.165, 1.54) is 6.33 Å². The molecule has 0 amide bonds. The Morgan fingerprint density at radius 1 is 1.33 bits per heavy atom. The highest BCUT2D eigenvalue weighted by atomic mass is 32.2. The number of nitrogens with two attached hydrogens (primary N) is 1. The smallest absolute Gasteiger partial charge is 0.185 e. The first kappa shape index (κ1) is 15.5. The Morgan fingerprint density at radius 3 is 2.71 bits per heavy atom. The van der Waals surface area contributed by atoms with Crippen LogP contribution in [0.5, 0.6) is 0 Å². The summed E-state index contributed by atoms with van der Waals surface area (Å²) in [5.41, 5.74) is 6.84. The van der Waals surface area contributed by atoms with Crippen LogP contribution in [-0.2, 0) is 22.1 Å². The van der Waals surface area contributed by atoms with Crippen molar-refractivity contribution in [2.75, 3.05) is 5.73 Å². The predicted octanol–water partition coefficient (Wildman–Crippen LogP) is 1.80. The first-order valence-corrected chi connectivity index (χ1v) is 8.41. The van der Waals surface area contributed by atoms with E-state index in [-0.39, 0.29) is 10.6 Å². The molecule has 0 aliphatic heterocycles. The van der Waals surface area contributed by atoms with Crippen LogP contribution in [0, 0.1) is 12.8 Å². The topological polar surface area (TPSA) is 90.9 Å². The van der Waals surface area contributed by atoms with Crippen LogP contribution in [0.25, 0.3) is 0 Å². The number of benzene rings is 1. The molecule has 0 aliphatic rings. The summed E-state index contributed by atoms with van der Waals surface area (Å²) in [6, 6.07) is 4.91. The minimum Gasteiger partial charge on any atom is -0.398 e. The highest BCUT2D eigenvalue weighted by molar-refractivity contribution is 7.90. The van der Waals surface area contributed by atoms with Crippen LogP contribution in [-0.4, -0.2) is 23.2 Å². The summed E-state index contributed by atoms with van der Waals surface area (Å²) in [6.07, 6.45) is 1.39. The minimum atomic E-state index is -3.50. The summed E-state index contributed by atoms with van der Waals surface area (Å²) in [4.78, 5) is 4.32. The highest BCUT2D eigenvalue weighted by Crippen LogP contribution is 2.23. The van der Waals surface area contributed by atoms with E-state index in [2.05, 4.69) is 10.1 Å². The monoisotopic (exact) mass is 308 g/mol. The summed E-state index contributed by atoms with van der Waals surface area (Å²) >= 11 is 0. The second-order valence-corrected chi connectivity index (χ2v) is 7.44. The maximum atomic E-state index is 12.6. The molecule has 0 unspecified atom stereocenters. The number of nitrogen functional groups attached to an aromatic ring is 1. The Kier molecular flexibility index (Phi) is 4.32. The molecule has 0 radical (unpaired) electrons. The lowest BCUT2D eigenvalue weighted by atomic mass is 10.2. The van der Waals surface area contributed by atoms with E-state index in [1.54, 1.807) is 29.8 Å². The molecule has 1 aromatic carbocycles. The molecular formula is C14H20N4O2S. The van der Waals surface area contributed by atoms with Gasteiger partial charge in [-0.2, -0.15) is 5.10 Å². The molecule has 21 heavy (non-hydrogen) atoms. The predicted molar refractivity (Wildman–Crippen MR) is 81.3 cm³/mol. The highest BCUT2D eigenvalue weighted by Gasteiger charge is 2.22. The molecule has 0 aliphatic carbocycles. The molecule has 7 heteroatoms. The molecule has 0 atom stereocenters. The van der Waals surface area contributed by atoms with Gasteiger partial charge in [0.05, 0.1) is 4.90 Å². The number of rotatable bonds is 5. The van der Waals surface area contributed by atoms with E-state index < -0.39 is 9.84 Å². The average molecular weight is 308 g/mol. The normalized spacial score (nSPS) is 12.0. The second kappa shape index (κ2) is 5.85. The lowest BCUT2D eigenvalue weighted by Gasteiger charge is -2.11. The van der Waals surface area contributed by atoms with E-state index >= 15 is 0 Å². The van der Waals surface area contributed by atoms with Gasteiger partial charge in [0.25, 0.3) is 0 Å². The van der Waals surface area contributed by atoms with Gasteiger partial charge in [-0.05, 0) is 30.5 Å². The van der Waals surface area contributed by atoms with Crippen molar-refractivity contribution in [1.82, 2.24) is 14.8 Å². The van der Waals surface area contributed by atoms with Gasteiger partial charge in [0.2, 0.25) is 0 Å². The first-order chi connectivity index (χ1) is 9.81. The Hall–Kier alpha value is -1.89. The van der Waals surface area contributed by atoms with Crippen molar-refractivity contribution in [2.45, 2.75) is 38.0 Å². The maximum absolute atomic E-state index is 12.6. The summed E-state index contributed by atoms with van der Waals surface area (Å²) in [5, 5.41) is 4.09. The number of anilines is 1. The van der Waals surface area contributed by atoms with Crippen LogP contribution in [0.15, 0.2) is 29.4 Å². The fourth-order valence-electron chi connectivity index (χ4n) is 2.11. The van der Waals surface area contributed by atoms with Crippen LogP contribution in [0.3, 0.4) is 0 Å². The zero-order chi connectivity index (χ0) is 15.6. The zero-order valence-electron chi connectivity index (χ0n) is 12.4. The number of nitrogens with zero attached hydrogens (tertiary/aromatic N) is 3. The Balaban J connectivity index is 2.34. The zero-order valence-corrected chi connectivity index (χ0v) is 13.3. The van der Waals surface area contributed by atoms with Crippen molar-refractivity contribution in [3.05, 3.63) is 35.9 Å². The van der Waals surface area contributed by atoms with E-state index in [0.29, 0.717) is 29.5 Å². The van der Waals surface area contributed by atoms with Crippen LogP contribution < -0.4 is 5.73 Å². The van der Waals surface area contributed by atoms with Gasteiger partial charge in [0.1, 0.15) is 17.9 Å². The van der Waals surface area contributed by atoms with E-state index in [9.17, 15) is 8.42 Å². The maximum Gasteiger partial charge on any atom is 0.185 e. The van der Waals surface area contributed by atoms with E-state index in [4.69, 9.17) is 5.73 Å². The van der Waals surface area contributed by atoms with Gasteiger partial charge < -0.3 is 5.73 Å². The fraction of sp³-hybridized carbons (Fsp3) is 0.429. The minimum absolute atomic E-state index is 0.177. The lowest BCUT2D eigenvalue weighted by Crippen LogP contribution is -2.15. The number of hydrogen-bond donors (Lipinski definition) is 1. The summed E-state index contributed by atoms with van der Waals surface area (Å²) in [5.74, 6) is 0.636. The van der Waals surface area contributed by atoms with E-state index in [1.807, 2.05) is 13.8 Å². The number of hydrogen-bond acceptors (Lipinski definition) is 5. The van der Waals surface area contributed by atoms with Gasteiger partial charge in [0.15, 0.2) is 9.84 Å². The van der Waals surface area contributed by atoms with Crippen molar-refractivity contribution in [1.29, 1.82) is 0 Å². The van der Waals surface area contributed by atoms with Gasteiger partial charge in [0, 0.05) is 12.2 Å². The molecule has 2 N–H and O–H groups in total. The first-order valence-electron chi connectivity index (χ1n) is 6.76. The van der Waals surface area contributed by atoms with Crippen LogP contribution in [0.1, 0.15) is 25.2 Å². The third-order valence-electron chi connectivity index (χ3n) is 3.21. The van der Waals surface area contributed by atoms with Gasteiger partial charge in [-0.3, -0.25) is 0 Å². The third kappa shape index (κ3) is 3.41. The quantitative estimate of drug-likeness (QED) is 0.850. The Bertz CT molecular complexity index is 735. The molecular weight excluding hydrogens is 288 g/mol. The molecule has 0 spiro atoms. The van der Waals surface area contributed by atoms with Crippen molar-refractivity contribution in [3.63, 3.8) is 0 Å². The molecule has 0 fully saturated rings. The molecule has 0 bridgehead atoms. The average Bonchev–Trinajstić information content (AvgIpc) is 2.78. The van der Waals surface area contributed by atoms with Crippen molar-refractivity contribution in [2.24, 2.45) is 5.92 Å². The molecule has 0 saturated heterocycles. The molecule has 2 aromatic rings. The van der Waals surface area contributed by atoms with Gasteiger partial charge >= 0.3 is 0 Å². The Morgan fingerprint density at radius 2 is 2.05 bits per heavy atom. The van der Waals surface area contributed by atoms with E-state index in [0.717, 1.165) is 0 Å². The van der Waals surface area contributed by atoms with Crippen LogP contribution in [0.4, 0.5) is 5.69 Å². The van der Waals surface area contributed by atoms with Crippen LogP contribution in [0.2, 0.25) is 0 Å². The van der Waals surface area contributed by atoms with Crippen molar-refractivity contribution >= 4 is 15.5 Å². The molecule has 114 valence electrons. The molecule has 2 rings (SSSR count). The van der Waals surface area contributed by atoms with Crippen LogP contribution >= 0.6 is 0 Å².